The molecule has 1 atom stereocenters. The smallest absolute Gasteiger partial charge is 0.328 e. The van der Waals surface area contributed by atoms with Gasteiger partial charge in [0, 0.05) is 6.54 Å². The van der Waals surface area contributed by atoms with Gasteiger partial charge in [-0.25, -0.2) is 9.59 Å². The van der Waals surface area contributed by atoms with E-state index in [9.17, 15) is 9.59 Å². The zero-order valence-corrected chi connectivity index (χ0v) is 11.5. The molecule has 7 heteroatoms. The van der Waals surface area contributed by atoms with E-state index in [2.05, 4.69) is 5.32 Å². The number of carbonyl (C=O) groups is 2. The molecule has 21 heavy (non-hydrogen) atoms. The lowest BCUT2D eigenvalue weighted by atomic mass is 10.1. The maximum Gasteiger partial charge on any atom is 0.328 e. The molecule has 2 N–H and O–H groups in total. The summed E-state index contributed by atoms with van der Waals surface area (Å²) in [7, 11) is 0. The number of carboxylic acids is 1. The fourth-order valence-corrected chi connectivity index (χ4v) is 2.16. The summed E-state index contributed by atoms with van der Waals surface area (Å²) < 4.78 is 5.08. The van der Waals surface area contributed by atoms with Crippen molar-refractivity contribution >= 4 is 17.7 Å². The molecule has 2 rings (SSSR count). The minimum Gasteiger partial charge on any atom is -0.480 e. The third-order valence-corrected chi connectivity index (χ3v) is 3.30. The van der Waals surface area contributed by atoms with Gasteiger partial charge in [-0.05, 0) is 18.6 Å². The molecule has 1 aromatic rings. The quantitative estimate of drug-likeness (QED) is 0.851. The Bertz CT molecular complexity index is 609. The van der Waals surface area contributed by atoms with E-state index >= 15 is 0 Å². The molecule has 1 aliphatic rings. The van der Waals surface area contributed by atoms with E-state index in [1.807, 2.05) is 6.07 Å². The maximum atomic E-state index is 12.2. The van der Waals surface area contributed by atoms with E-state index in [4.69, 9.17) is 15.1 Å². The number of rotatable bonds is 2. The van der Waals surface area contributed by atoms with Crippen LogP contribution in [0, 0.1) is 18.3 Å². The van der Waals surface area contributed by atoms with Gasteiger partial charge in [0.25, 0.3) is 0 Å². The molecular weight excluding hydrogens is 274 g/mol. The highest BCUT2D eigenvalue weighted by Gasteiger charge is 2.33. The second-order valence-electron chi connectivity index (χ2n) is 4.66. The fraction of sp³-hybridized carbons (Fsp3) is 0.357. The van der Waals surface area contributed by atoms with E-state index in [0.29, 0.717) is 11.3 Å². The van der Waals surface area contributed by atoms with Crippen molar-refractivity contribution in [1.82, 2.24) is 4.90 Å². The summed E-state index contributed by atoms with van der Waals surface area (Å²) in [5.74, 6) is -1.12. The largest absolute Gasteiger partial charge is 0.480 e. The summed E-state index contributed by atoms with van der Waals surface area (Å²) in [6.45, 7) is 2.21. The number of hydrogen-bond donors (Lipinski definition) is 2. The Labute approximate surface area is 121 Å². The van der Waals surface area contributed by atoms with Crippen LogP contribution in [0.5, 0.6) is 0 Å². The van der Waals surface area contributed by atoms with Crippen LogP contribution in [0.1, 0.15) is 11.1 Å². The summed E-state index contributed by atoms with van der Waals surface area (Å²) in [4.78, 5) is 24.6. The van der Waals surface area contributed by atoms with Crippen molar-refractivity contribution in [1.29, 1.82) is 5.26 Å². The molecule has 7 nitrogen and oxygen atoms in total. The second-order valence-corrected chi connectivity index (χ2v) is 4.66. The average molecular weight is 289 g/mol. The van der Waals surface area contributed by atoms with Crippen LogP contribution in [0.3, 0.4) is 0 Å². The highest BCUT2D eigenvalue weighted by molar-refractivity contribution is 5.93. The first-order chi connectivity index (χ1) is 10.0. The van der Waals surface area contributed by atoms with Gasteiger partial charge in [-0.15, -0.1) is 0 Å². The zero-order valence-electron chi connectivity index (χ0n) is 11.5. The van der Waals surface area contributed by atoms with Crippen LogP contribution in [0.4, 0.5) is 10.5 Å². The average Bonchev–Trinajstić information content (AvgIpc) is 2.47. The number of urea groups is 1. The summed E-state index contributed by atoms with van der Waals surface area (Å²) in [5, 5.41) is 20.9. The molecule has 0 spiro atoms. The van der Waals surface area contributed by atoms with Crippen molar-refractivity contribution in [2.24, 2.45) is 0 Å². The third-order valence-electron chi connectivity index (χ3n) is 3.30. The number of hydrogen-bond acceptors (Lipinski definition) is 4. The van der Waals surface area contributed by atoms with Gasteiger partial charge in [0.1, 0.15) is 6.07 Å². The Morgan fingerprint density at radius 2 is 2.29 bits per heavy atom. The first kappa shape index (κ1) is 14.8. The van der Waals surface area contributed by atoms with Gasteiger partial charge in [-0.2, -0.15) is 5.26 Å². The number of nitrogens with one attached hydrogen (secondary N) is 1. The van der Waals surface area contributed by atoms with E-state index < -0.39 is 18.0 Å². The first-order valence-corrected chi connectivity index (χ1v) is 6.42. The molecule has 0 bridgehead atoms. The van der Waals surface area contributed by atoms with E-state index in [-0.39, 0.29) is 19.8 Å². The summed E-state index contributed by atoms with van der Waals surface area (Å²) in [6, 6.07) is 5.56. The monoisotopic (exact) mass is 289 g/mol. The number of aliphatic carboxylic acids is 1. The fourth-order valence-electron chi connectivity index (χ4n) is 2.16. The van der Waals surface area contributed by atoms with Gasteiger partial charge in [0.05, 0.1) is 24.5 Å². The van der Waals surface area contributed by atoms with Crippen LogP contribution in [-0.4, -0.2) is 47.8 Å². The summed E-state index contributed by atoms with van der Waals surface area (Å²) in [6.07, 6.45) is 0. The molecule has 0 radical (unpaired) electrons. The minimum atomic E-state index is -1.12. The van der Waals surface area contributed by atoms with Crippen LogP contribution in [-0.2, 0) is 9.53 Å². The van der Waals surface area contributed by atoms with E-state index in [1.165, 1.54) is 4.90 Å². The Morgan fingerprint density at radius 3 is 2.95 bits per heavy atom. The SMILES string of the molecule is Cc1cccc(NC(=O)N2CCOCC2C(=O)O)c1C#N. The molecule has 0 aromatic heterocycles. The minimum absolute atomic E-state index is 0.0400. The van der Waals surface area contributed by atoms with E-state index in [0.717, 1.165) is 5.56 Å². The number of carbonyl (C=O) groups excluding carboxylic acids is 1. The highest BCUT2D eigenvalue weighted by Crippen LogP contribution is 2.19. The molecular formula is C14H15N3O4. The van der Waals surface area contributed by atoms with Crippen LogP contribution in [0.15, 0.2) is 18.2 Å². The molecule has 1 saturated heterocycles. The van der Waals surface area contributed by atoms with Crippen molar-refractivity contribution in [3.05, 3.63) is 29.3 Å². The highest BCUT2D eigenvalue weighted by atomic mass is 16.5. The summed E-state index contributed by atoms with van der Waals surface area (Å²) in [5.41, 5.74) is 1.48. The van der Waals surface area contributed by atoms with Gasteiger partial charge in [-0.3, -0.25) is 0 Å². The number of nitrogens with zero attached hydrogens (tertiary/aromatic N) is 2. The normalized spacial score (nSPS) is 17.9. The lowest BCUT2D eigenvalue weighted by Crippen LogP contribution is -2.54. The van der Waals surface area contributed by atoms with Gasteiger partial charge < -0.3 is 20.1 Å². The van der Waals surface area contributed by atoms with Crippen LogP contribution >= 0.6 is 0 Å². The molecule has 110 valence electrons. The zero-order chi connectivity index (χ0) is 15.4. The molecule has 1 aromatic carbocycles. The predicted octanol–water partition coefficient (Wildman–Crippen LogP) is 1.18. The molecule has 1 fully saturated rings. The van der Waals surface area contributed by atoms with Crippen molar-refractivity contribution in [2.75, 3.05) is 25.1 Å². The van der Waals surface area contributed by atoms with Crippen molar-refractivity contribution in [3.63, 3.8) is 0 Å². The van der Waals surface area contributed by atoms with Gasteiger partial charge >= 0.3 is 12.0 Å². The predicted molar refractivity (Wildman–Crippen MR) is 73.9 cm³/mol. The Kier molecular flexibility index (Phi) is 4.40. The van der Waals surface area contributed by atoms with Crippen molar-refractivity contribution in [2.45, 2.75) is 13.0 Å². The van der Waals surface area contributed by atoms with Crippen LogP contribution in [0.25, 0.3) is 0 Å². The molecule has 1 aliphatic heterocycles. The third kappa shape index (κ3) is 3.12. The van der Waals surface area contributed by atoms with Crippen LogP contribution in [0.2, 0.25) is 0 Å². The van der Waals surface area contributed by atoms with E-state index in [1.54, 1.807) is 25.1 Å². The number of aryl methyl sites for hydroxylation is 1. The number of nitriles is 1. The van der Waals surface area contributed by atoms with Crippen molar-refractivity contribution in [3.8, 4) is 6.07 Å². The maximum absolute atomic E-state index is 12.2. The van der Waals surface area contributed by atoms with Gasteiger partial charge in [0.15, 0.2) is 6.04 Å². The Morgan fingerprint density at radius 1 is 1.52 bits per heavy atom. The number of benzene rings is 1. The number of amides is 2. The van der Waals surface area contributed by atoms with Crippen LogP contribution < -0.4 is 5.32 Å². The molecule has 1 heterocycles. The lowest BCUT2D eigenvalue weighted by molar-refractivity contribution is -0.147. The Hall–Kier alpha value is -2.59. The lowest BCUT2D eigenvalue weighted by Gasteiger charge is -2.32. The standard InChI is InChI=1S/C14H15N3O4/c1-9-3-2-4-11(10(9)7-15)16-14(20)17-5-6-21-8-12(17)13(18)19/h2-4,12H,5-6,8H2,1H3,(H,16,20)(H,18,19). The number of carboxylic acid groups (broad SMARTS) is 1. The number of morpholine rings is 1. The summed E-state index contributed by atoms with van der Waals surface area (Å²) >= 11 is 0. The molecule has 2 amide bonds. The number of ether oxygens (including phenoxy) is 1. The first-order valence-electron chi connectivity index (χ1n) is 6.42. The molecule has 1 unspecified atom stereocenters. The molecule has 0 saturated carbocycles. The van der Waals surface area contributed by atoms with Gasteiger partial charge in [-0.1, -0.05) is 12.1 Å². The van der Waals surface area contributed by atoms with Gasteiger partial charge in [0.2, 0.25) is 0 Å². The van der Waals surface area contributed by atoms with Crippen molar-refractivity contribution < 1.29 is 19.4 Å². The molecule has 0 aliphatic carbocycles. The number of anilines is 1. The Balaban J connectivity index is 2.20. The second kappa shape index (κ2) is 6.24. The topological polar surface area (TPSA) is 103 Å².